The van der Waals surface area contributed by atoms with E-state index in [1.54, 1.807) is 19.9 Å². The fourth-order valence-electron chi connectivity index (χ4n) is 1.38. The van der Waals surface area contributed by atoms with Gasteiger partial charge in [-0.3, -0.25) is 0 Å². The van der Waals surface area contributed by atoms with Crippen molar-refractivity contribution in [3.05, 3.63) is 0 Å². The Kier molecular flexibility index (Phi) is 10.3. The third kappa shape index (κ3) is 8.04. The zero-order valence-electron chi connectivity index (χ0n) is 11.5. The lowest BCUT2D eigenvalue weighted by Gasteiger charge is -2.15. The van der Waals surface area contributed by atoms with Crippen LogP contribution in [0.3, 0.4) is 0 Å². The molecular weight excluding hydrogens is 234 g/mol. The van der Waals surface area contributed by atoms with E-state index in [9.17, 15) is 4.79 Å². The second kappa shape index (κ2) is 11.0. The van der Waals surface area contributed by atoms with Gasteiger partial charge < -0.3 is 14.2 Å². The van der Waals surface area contributed by atoms with Crippen LogP contribution in [0, 0.1) is 11.3 Å². The normalized spacial score (nSPS) is 13.7. The van der Waals surface area contributed by atoms with Gasteiger partial charge in [0, 0.05) is 13.2 Å². The van der Waals surface area contributed by atoms with Gasteiger partial charge in [-0.25, -0.2) is 4.79 Å². The van der Waals surface area contributed by atoms with Crippen LogP contribution in [0.15, 0.2) is 0 Å². The van der Waals surface area contributed by atoms with Gasteiger partial charge in [0.05, 0.1) is 0 Å². The fourth-order valence-corrected chi connectivity index (χ4v) is 1.38. The van der Waals surface area contributed by atoms with Crippen LogP contribution < -0.4 is 0 Å². The van der Waals surface area contributed by atoms with Gasteiger partial charge in [0.2, 0.25) is 6.10 Å². The number of carbonyl (C=O) groups excluding carboxylic acids is 1. The molecule has 104 valence electrons. The van der Waals surface area contributed by atoms with Crippen molar-refractivity contribution in [1.29, 1.82) is 5.26 Å². The lowest BCUT2D eigenvalue weighted by Crippen LogP contribution is -2.29. The molecule has 0 aliphatic rings. The van der Waals surface area contributed by atoms with Gasteiger partial charge in [-0.1, -0.05) is 26.2 Å². The van der Waals surface area contributed by atoms with Crippen molar-refractivity contribution in [3.8, 4) is 6.07 Å². The Morgan fingerprint density at radius 3 is 2.50 bits per heavy atom. The fraction of sp³-hybridized carbons (Fsp3) is 0.846. The number of hydrogen-bond donors (Lipinski definition) is 0. The summed E-state index contributed by atoms with van der Waals surface area (Å²) < 4.78 is 15.2. The SMILES string of the molecule is CCCCCCOC(C#N)C(=O)OC(C)OCC. The van der Waals surface area contributed by atoms with Crippen molar-refractivity contribution >= 4 is 5.97 Å². The number of hydrogen-bond acceptors (Lipinski definition) is 5. The number of nitrogens with zero attached hydrogens (tertiary/aromatic N) is 1. The van der Waals surface area contributed by atoms with E-state index >= 15 is 0 Å². The summed E-state index contributed by atoms with van der Waals surface area (Å²) in [4.78, 5) is 11.5. The quantitative estimate of drug-likeness (QED) is 0.341. The summed E-state index contributed by atoms with van der Waals surface area (Å²) in [6.07, 6.45) is 2.35. The van der Waals surface area contributed by atoms with Crippen molar-refractivity contribution in [3.63, 3.8) is 0 Å². The molecule has 0 saturated carbocycles. The molecule has 5 heteroatoms. The predicted molar refractivity (Wildman–Crippen MR) is 66.7 cm³/mol. The molecule has 0 heterocycles. The minimum atomic E-state index is -1.16. The highest BCUT2D eigenvalue weighted by Gasteiger charge is 2.22. The number of rotatable bonds is 10. The average molecular weight is 257 g/mol. The second-order valence-electron chi connectivity index (χ2n) is 3.90. The molecule has 0 saturated heterocycles. The number of carbonyl (C=O) groups is 1. The summed E-state index contributed by atoms with van der Waals surface area (Å²) in [5.74, 6) is -0.686. The van der Waals surface area contributed by atoms with Crippen LogP contribution in [0.2, 0.25) is 0 Å². The van der Waals surface area contributed by atoms with Crippen molar-refractivity contribution in [2.45, 2.75) is 58.8 Å². The Bertz CT molecular complexity index is 262. The Morgan fingerprint density at radius 2 is 1.94 bits per heavy atom. The van der Waals surface area contributed by atoms with Crippen molar-refractivity contribution in [2.24, 2.45) is 0 Å². The zero-order chi connectivity index (χ0) is 13.8. The largest absolute Gasteiger partial charge is 0.433 e. The number of ether oxygens (including phenoxy) is 3. The van der Waals surface area contributed by atoms with E-state index in [1.807, 2.05) is 0 Å². The molecule has 0 radical (unpaired) electrons. The van der Waals surface area contributed by atoms with Gasteiger partial charge in [-0.15, -0.1) is 0 Å². The van der Waals surface area contributed by atoms with Crippen LogP contribution >= 0.6 is 0 Å². The van der Waals surface area contributed by atoms with Gasteiger partial charge in [0.25, 0.3) is 0 Å². The van der Waals surface area contributed by atoms with Crippen molar-refractivity contribution in [1.82, 2.24) is 0 Å². The van der Waals surface area contributed by atoms with E-state index in [1.165, 1.54) is 0 Å². The molecule has 5 nitrogen and oxygen atoms in total. The third-order valence-electron chi connectivity index (χ3n) is 2.30. The molecule has 2 atom stereocenters. The van der Waals surface area contributed by atoms with Crippen LogP contribution in [0.25, 0.3) is 0 Å². The maximum atomic E-state index is 11.5. The molecular formula is C13H23NO4. The molecule has 2 unspecified atom stereocenters. The Balaban J connectivity index is 3.86. The van der Waals surface area contributed by atoms with Gasteiger partial charge in [0.1, 0.15) is 6.07 Å². The predicted octanol–water partition coefficient (Wildman–Crippen LogP) is 2.40. The van der Waals surface area contributed by atoms with E-state index in [4.69, 9.17) is 19.5 Å². The van der Waals surface area contributed by atoms with Gasteiger partial charge in [-0.05, 0) is 20.3 Å². The number of esters is 1. The van der Waals surface area contributed by atoms with Crippen molar-refractivity contribution in [2.75, 3.05) is 13.2 Å². The molecule has 18 heavy (non-hydrogen) atoms. The molecule has 0 aromatic carbocycles. The van der Waals surface area contributed by atoms with Crippen molar-refractivity contribution < 1.29 is 19.0 Å². The number of nitriles is 1. The Morgan fingerprint density at radius 1 is 1.22 bits per heavy atom. The number of unbranched alkanes of at least 4 members (excludes halogenated alkanes) is 3. The minimum Gasteiger partial charge on any atom is -0.433 e. The average Bonchev–Trinajstić information content (AvgIpc) is 2.33. The first kappa shape index (κ1) is 16.9. The van der Waals surface area contributed by atoms with Gasteiger partial charge in [0.15, 0.2) is 6.29 Å². The van der Waals surface area contributed by atoms with E-state index in [2.05, 4.69) is 6.92 Å². The lowest BCUT2D eigenvalue weighted by molar-refractivity contribution is -0.182. The molecule has 0 fully saturated rings. The first-order chi connectivity index (χ1) is 8.65. The van der Waals surface area contributed by atoms with Crippen LogP contribution in [0.4, 0.5) is 0 Å². The lowest BCUT2D eigenvalue weighted by atomic mass is 10.2. The first-order valence-corrected chi connectivity index (χ1v) is 6.49. The molecule has 0 aromatic heterocycles. The molecule has 0 bridgehead atoms. The molecule has 0 aliphatic carbocycles. The monoisotopic (exact) mass is 257 g/mol. The van der Waals surface area contributed by atoms with Crippen LogP contribution in [0.5, 0.6) is 0 Å². The van der Waals surface area contributed by atoms with Crippen LogP contribution in [-0.4, -0.2) is 31.6 Å². The summed E-state index contributed by atoms with van der Waals surface area (Å²) in [7, 11) is 0. The zero-order valence-corrected chi connectivity index (χ0v) is 11.5. The molecule has 0 aromatic rings. The maximum absolute atomic E-state index is 11.5. The highest BCUT2D eigenvalue weighted by molar-refractivity contribution is 5.77. The molecule has 0 amide bonds. The molecule has 0 spiro atoms. The minimum absolute atomic E-state index is 0.399. The second-order valence-corrected chi connectivity index (χ2v) is 3.90. The smallest absolute Gasteiger partial charge is 0.352 e. The standard InChI is InChI=1S/C13H23NO4/c1-4-6-7-8-9-17-12(10-14)13(15)18-11(3)16-5-2/h11-12H,4-9H2,1-3H3. The summed E-state index contributed by atoms with van der Waals surface area (Å²) in [5, 5.41) is 8.83. The van der Waals surface area contributed by atoms with Gasteiger partial charge >= 0.3 is 5.97 Å². The van der Waals surface area contributed by atoms with E-state index in [0.29, 0.717) is 13.2 Å². The molecule has 0 rings (SSSR count). The van der Waals surface area contributed by atoms with E-state index in [0.717, 1.165) is 25.7 Å². The summed E-state index contributed by atoms with van der Waals surface area (Å²) >= 11 is 0. The van der Waals surface area contributed by atoms with E-state index < -0.39 is 18.4 Å². The third-order valence-corrected chi connectivity index (χ3v) is 2.30. The van der Waals surface area contributed by atoms with Crippen LogP contribution in [0.1, 0.15) is 46.5 Å². The Hall–Kier alpha value is -1.12. The highest BCUT2D eigenvalue weighted by Crippen LogP contribution is 2.04. The van der Waals surface area contributed by atoms with E-state index in [-0.39, 0.29) is 0 Å². The summed E-state index contributed by atoms with van der Waals surface area (Å²) in [6, 6.07) is 1.79. The van der Waals surface area contributed by atoms with Gasteiger partial charge in [-0.2, -0.15) is 5.26 Å². The highest BCUT2D eigenvalue weighted by atomic mass is 16.7. The van der Waals surface area contributed by atoms with Crippen LogP contribution in [-0.2, 0) is 19.0 Å². The topological polar surface area (TPSA) is 68.5 Å². The molecule has 0 aliphatic heterocycles. The maximum Gasteiger partial charge on any atom is 0.352 e. The summed E-state index contributed by atoms with van der Waals surface area (Å²) in [5.41, 5.74) is 0. The Labute approximate surface area is 109 Å². The first-order valence-electron chi connectivity index (χ1n) is 6.49. The summed E-state index contributed by atoms with van der Waals surface area (Å²) in [6.45, 7) is 6.37. The molecule has 0 N–H and O–H groups in total.